The van der Waals surface area contributed by atoms with Crippen molar-refractivity contribution in [1.29, 1.82) is 0 Å². The zero-order chi connectivity index (χ0) is 17.5. The predicted octanol–water partition coefficient (Wildman–Crippen LogP) is 2.99. The van der Waals surface area contributed by atoms with E-state index in [9.17, 15) is 15.0 Å². The Kier molecular flexibility index (Phi) is 4.89. The third kappa shape index (κ3) is 3.18. The summed E-state index contributed by atoms with van der Waals surface area (Å²) in [6, 6.07) is 0. The first-order chi connectivity index (χ1) is 11.3. The van der Waals surface area contributed by atoms with E-state index in [1.807, 2.05) is 0 Å². The Balaban J connectivity index is 1.75. The number of aliphatic hydroxyl groups is 2. The van der Waals surface area contributed by atoms with Gasteiger partial charge in [-0.05, 0) is 42.6 Å². The van der Waals surface area contributed by atoms with Gasteiger partial charge in [-0.2, -0.15) is 0 Å². The average molecular weight is 334 g/mol. The van der Waals surface area contributed by atoms with E-state index in [2.05, 4.69) is 39.0 Å². The molecule has 0 aromatic rings. The lowest BCUT2D eigenvalue weighted by atomic mass is 9.56. The van der Waals surface area contributed by atoms with Crippen LogP contribution in [0.5, 0.6) is 0 Å². The summed E-state index contributed by atoms with van der Waals surface area (Å²) < 4.78 is 5.40. The number of carbonyl (C=O) groups is 1. The summed E-state index contributed by atoms with van der Waals surface area (Å²) in [5.41, 5.74) is 1.01. The summed E-state index contributed by atoms with van der Waals surface area (Å²) in [4.78, 5) is 11.5. The number of hydrogen-bond acceptors (Lipinski definition) is 4. The molecule has 0 aromatic carbocycles. The highest BCUT2D eigenvalue weighted by molar-refractivity contribution is 5.70. The first-order valence-corrected chi connectivity index (χ1v) is 9.26. The van der Waals surface area contributed by atoms with Crippen molar-refractivity contribution in [3.8, 4) is 0 Å². The third-order valence-corrected chi connectivity index (χ3v) is 6.39. The molecule has 4 nitrogen and oxygen atoms in total. The van der Waals surface area contributed by atoms with Crippen LogP contribution in [0.4, 0.5) is 0 Å². The zero-order valence-corrected chi connectivity index (χ0v) is 14.9. The number of allylic oxidation sites excluding steroid dienone is 3. The summed E-state index contributed by atoms with van der Waals surface area (Å²) >= 11 is 0. The van der Waals surface area contributed by atoms with Crippen molar-refractivity contribution in [1.82, 2.24) is 0 Å². The summed E-state index contributed by atoms with van der Waals surface area (Å²) in [6.45, 7) is 6.54. The van der Waals surface area contributed by atoms with Gasteiger partial charge in [0.15, 0.2) is 0 Å². The maximum absolute atomic E-state index is 11.5. The first-order valence-electron chi connectivity index (χ1n) is 9.26. The van der Waals surface area contributed by atoms with Crippen LogP contribution in [0.25, 0.3) is 0 Å². The highest BCUT2D eigenvalue weighted by Gasteiger charge is 2.48. The Morgan fingerprint density at radius 1 is 1.25 bits per heavy atom. The molecule has 4 heteroatoms. The van der Waals surface area contributed by atoms with Gasteiger partial charge in [-0.25, -0.2) is 0 Å². The second-order valence-corrected chi connectivity index (χ2v) is 8.24. The maximum Gasteiger partial charge on any atom is 0.308 e. The number of fused-ring (bicyclic) bond motifs is 1. The van der Waals surface area contributed by atoms with Crippen molar-refractivity contribution in [3.63, 3.8) is 0 Å². The number of carbonyl (C=O) groups excluding carboxylic acids is 1. The van der Waals surface area contributed by atoms with Crippen LogP contribution in [0.15, 0.2) is 23.8 Å². The quantitative estimate of drug-likeness (QED) is 0.779. The zero-order valence-electron chi connectivity index (χ0n) is 14.9. The number of ether oxygens (including phenoxy) is 1. The molecule has 7 atom stereocenters. The molecule has 3 aliphatic rings. The van der Waals surface area contributed by atoms with E-state index in [1.165, 1.54) is 5.57 Å². The topological polar surface area (TPSA) is 66.8 Å². The van der Waals surface area contributed by atoms with Crippen molar-refractivity contribution >= 4 is 5.97 Å². The van der Waals surface area contributed by atoms with Gasteiger partial charge in [-0.15, -0.1) is 0 Å². The molecule has 0 saturated carbocycles. The molecule has 0 bridgehead atoms. The first kappa shape index (κ1) is 17.7. The largest absolute Gasteiger partial charge is 0.462 e. The Hall–Kier alpha value is -1.13. The Morgan fingerprint density at radius 2 is 2.00 bits per heavy atom. The van der Waals surface area contributed by atoms with Crippen LogP contribution in [-0.4, -0.2) is 34.5 Å². The van der Waals surface area contributed by atoms with Gasteiger partial charge in [0.2, 0.25) is 0 Å². The highest BCUT2D eigenvalue weighted by atomic mass is 16.5. The van der Waals surface area contributed by atoms with Crippen LogP contribution in [0, 0.1) is 23.2 Å². The molecule has 0 unspecified atom stereocenters. The lowest BCUT2D eigenvalue weighted by molar-refractivity contribution is -0.160. The standard InChI is InChI=1S/C20H30O4/c1-12-8-14-5-4-13(2)17(20(14,3)18(22)9-12)7-6-16-10-15(21)11-19(23)24-16/h4-5,8,12-13,15-18,21-22H,6-7,9-11H2,1-3H3/t12-,13-,15+,16+,17-,18-,20-/m0/s1. The molecule has 1 heterocycles. The molecule has 0 radical (unpaired) electrons. The van der Waals surface area contributed by atoms with Crippen LogP contribution in [-0.2, 0) is 9.53 Å². The molecule has 2 aliphatic carbocycles. The fraction of sp³-hybridized carbons (Fsp3) is 0.750. The van der Waals surface area contributed by atoms with Gasteiger partial charge < -0.3 is 14.9 Å². The van der Waals surface area contributed by atoms with E-state index >= 15 is 0 Å². The van der Waals surface area contributed by atoms with Crippen LogP contribution in [0.3, 0.4) is 0 Å². The van der Waals surface area contributed by atoms with Gasteiger partial charge in [0, 0.05) is 11.8 Å². The highest BCUT2D eigenvalue weighted by Crippen LogP contribution is 2.53. The van der Waals surface area contributed by atoms with Gasteiger partial charge in [0.1, 0.15) is 6.10 Å². The molecule has 0 spiro atoms. The third-order valence-electron chi connectivity index (χ3n) is 6.39. The van der Waals surface area contributed by atoms with Gasteiger partial charge in [-0.3, -0.25) is 4.79 Å². The van der Waals surface area contributed by atoms with E-state index in [-0.39, 0.29) is 30.0 Å². The fourth-order valence-electron chi connectivity index (χ4n) is 4.94. The maximum atomic E-state index is 11.5. The number of esters is 1. The van der Waals surface area contributed by atoms with Crippen molar-refractivity contribution in [3.05, 3.63) is 23.8 Å². The normalized spacial score (nSPS) is 45.4. The molecule has 3 rings (SSSR count). The lowest BCUT2D eigenvalue weighted by Gasteiger charge is -2.50. The molecule has 1 fully saturated rings. The number of hydrogen-bond donors (Lipinski definition) is 2. The molecule has 134 valence electrons. The van der Waals surface area contributed by atoms with E-state index in [0.29, 0.717) is 24.2 Å². The molecular formula is C20H30O4. The number of aliphatic hydroxyl groups excluding tert-OH is 2. The molecule has 0 aromatic heterocycles. The average Bonchev–Trinajstić information content (AvgIpc) is 2.48. The second kappa shape index (κ2) is 6.64. The van der Waals surface area contributed by atoms with Crippen molar-refractivity contribution in [2.45, 2.75) is 71.2 Å². The Bertz CT molecular complexity index is 552. The van der Waals surface area contributed by atoms with Gasteiger partial charge in [-0.1, -0.05) is 39.0 Å². The molecule has 2 N–H and O–H groups in total. The van der Waals surface area contributed by atoms with Crippen molar-refractivity contribution in [2.24, 2.45) is 23.2 Å². The number of rotatable bonds is 3. The van der Waals surface area contributed by atoms with E-state index in [4.69, 9.17) is 4.74 Å². The minimum Gasteiger partial charge on any atom is -0.462 e. The van der Waals surface area contributed by atoms with Crippen molar-refractivity contribution < 1.29 is 19.7 Å². The van der Waals surface area contributed by atoms with E-state index in [0.717, 1.165) is 19.3 Å². The molecule has 24 heavy (non-hydrogen) atoms. The second-order valence-electron chi connectivity index (χ2n) is 8.24. The van der Waals surface area contributed by atoms with Gasteiger partial charge in [0.25, 0.3) is 0 Å². The molecule has 1 saturated heterocycles. The molecule has 1 aliphatic heterocycles. The summed E-state index contributed by atoms with van der Waals surface area (Å²) in [5.74, 6) is 0.790. The van der Waals surface area contributed by atoms with Crippen molar-refractivity contribution in [2.75, 3.05) is 0 Å². The molecule has 0 amide bonds. The Labute approximate surface area is 144 Å². The van der Waals surface area contributed by atoms with E-state index in [1.54, 1.807) is 0 Å². The minimum absolute atomic E-state index is 0.111. The number of cyclic esters (lactones) is 1. The van der Waals surface area contributed by atoms with Crippen LogP contribution in [0.2, 0.25) is 0 Å². The van der Waals surface area contributed by atoms with E-state index < -0.39 is 6.10 Å². The van der Waals surface area contributed by atoms with Crippen LogP contribution >= 0.6 is 0 Å². The monoisotopic (exact) mass is 334 g/mol. The Morgan fingerprint density at radius 3 is 2.71 bits per heavy atom. The predicted molar refractivity (Wildman–Crippen MR) is 92.1 cm³/mol. The fourth-order valence-corrected chi connectivity index (χ4v) is 4.94. The SMILES string of the molecule is C[C@H]1C=C2C=C[C@H](C)[C@H](CC[C@@H]3C[C@@H](O)CC(=O)O3)[C@@]2(C)[C@@H](O)C1. The minimum atomic E-state index is -0.577. The van der Waals surface area contributed by atoms with Gasteiger partial charge in [0.05, 0.1) is 18.6 Å². The summed E-state index contributed by atoms with van der Waals surface area (Å²) in [5, 5.41) is 20.6. The smallest absolute Gasteiger partial charge is 0.308 e. The van der Waals surface area contributed by atoms with Crippen LogP contribution in [0.1, 0.15) is 52.9 Å². The molecular weight excluding hydrogens is 304 g/mol. The van der Waals surface area contributed by atoms with Crippen LogP contribution < -0.4 is 0 Å². The lowest BCUT2D eigenvalue weighted by Crippen LogP contribution is -2.48. The summed E-state index contributed by atoms with van der Waals surface area (Å²) in [7, 11) is 0. The summed E-state index contributed by atoms with van der Waals surface area (Å²) in [6.07, 6.45) is 8.68. The van der Waals surface area contributed by atoms with Gasteiger partial charge >= 0.3 is 5.97 Å².